The highest BCUT2D eigenvalue weighted by molar-refractivity contribution is 6.13. The summed E-state index contributed by atoms with van der Waals surface area (Å²) in [6.07, 6.45) is 4.31. The predicted molar refractivity (Wildman–Crippen MR) is 342 cm³/mol. The predicted octanol–water partition coefficient (Wildman–Crippen LogP) is 4.60. The Morgan fingerprint density at radius 1 is 0.747 bits per heavy atom. The Hall–Kier alpha value is -8.22. The zero-order chi connectivity index (χ0) is 67.8. The van der Waals surface area contributed by atoms with Crippen molar-refractivity contribution in [2.45, 2.75) is 104 Å². The van der Waals surface area contributed by atoms with E-state index in [1.165, 1.54) is 31.4 Å². The fourth-order valence-electron chi connectivity index (χ4n) is 11.2. The van der Waals surface area contributed by atoms with Gasteiger partial charge in [-0.05, 0) is 85.0 Å². The summed E-state index contributed by atoms with van der Waals surface area (Å²) in [5.74, 6) is -5.00. The van der Waals surface area contributed by atoms with Gasteiger partial charge in [0.05, 0.1) is 159 Å². The number of carbonyl (C=O) groups is 8. The number of alkyl carbamates (subject to hydrolysis) is 1. The number of aliphatic imine (C=N–C) groups is 1. The third kappa shape index (κ3) is 20.4. The largest absolute Gasteiger partial charge is 0.460 e. The monoisotopic (exact) mass is 1320 g/mol. The molecule has 0 fully saturated rings. The van der Waals surface area contributed by atoms with E-state index in [-0.39, 0.29) is 69.7 Å². The molecule has 0 spiro atoms. The van der Waals surface area contributed by atoms with Gasteiger partial charge in [-0.1, -0.05) is 32.9 Å². The van der Waals surface area contributed by atoms with Crippen LogP contribution in [0.15, 0.2) is 58.3 Å². The molecule has 0 saturated carbocycles. The van der Waals surface area contributed by atoms with Crippen molar-refractivity contribution >= 4 is 70.3 Å². The first-order valence-electron chi connectivity index (χ1n) is 32.1. The number of carbonyl (C=O) groups excluding carboxylic acids is 8. The topological polar surface area (TPSA) is 327 Å². The first kappa shape index (κ1) is 72.6. The van der Waals surface area contributed by atoms with Gasteiger partial charge < -0.3 is 73.2 Å². The molecule has 0 radical (unpaired) electrons. The lowest BCUT2D eigenvalue weighted by atomic mass is 9.81. The van der Waals surface area contributed by atoms with Crippen LogP contribution in [0, 0.1) is 24.6 Å². The van der Waals surface area contributed by atoms with Crippen LogP contribution in [0.25, 0.3) is 22.3 Å². The van der Waals surface area contributed by atoms with Crippen LogP contribution in [0.5, 0.6) is 0 Å². The van der Waals surface area contributed by atoms with Gasteiger partial charge in [-0.2, -0.15) is 0 Å². The van der Waals surface area contributed by atoms with Gasteiger partial charge in [-0.3, -0.25) is 43.3 Å². The summed E-state index contributed by atoms with van der Waals surface area (Å²) in [6.45, 7) is 14.5. The number of pyridine rings is 2. The lowest BCUT2D eigenvalue weighted by molar-refractivity contribution is -0.148. The fraction of sp³-hybridized carbons (Fsp3) is 0.537. The molecule has 1 aliphatic carbocycles. The average Bonchev–Trinajstić information content (AvgIpc) is 1.62. The molecule has 4 N–H and O–H groups in total. The number of rotatable bonds is 40. The van der Waals surface area contributed by atoms with E-state index in [0.717, 1.165) is 27.0 Å². The van der Waals surface area contributed by atoms with Crippen LogP contribution < -0.4 is 26.8 Å². The molecule has 3 aliphatic heterocycles. The van der Waals surface area contributed by atoms with E-state index in [1.54, 1.807) is 49.6 Å². The number of hydrogen-bond acceptors (Lipinski definition) is 20. The number of anilines is 1. The maximum Gasteiger partial charge on any atom is 0.407 e. The molecule has 7 amide bonds. The number of esters is 1. The van der Waals surface area contributed by atoms with Crippen LogP contribution >= 0.6 is 0 Å². The molecule has 0 bridgehead atoms. The SMILES string of the molecule is CC[C@H]1C(=O)OCc2c1cc1n(c2=O)Cc2c-1nc1cc(F)c(C)c3c1c2[C@@H](NC(=O)OCc1ccc(NC(=O)[C@H](C)NC(=O)C(C=NC(=O)CCOCCOCCOCCOCCOCCOCCOCCOCCNC(=O)CCN2C(=O)C=CC2=O)C(C)C)cc1)CC3. The van der Waals surface area contributed by atoms with Crippen molar-refractivity contribution in [1.82, 2.24) is 30.4 Å². The van der Waals surface area contributed by atoms with Crippen LogP contribution in [-0.2, 0) is 107 Å². The first-order chi connectivity index (χ1) is 45.9. The van der Waals surface area contributed by atoms with E-state index in [9.17, 15) is 43.2 Å². The van der Waals surface area contributed by atoms with Crippen LogP contribution in [0.4, 0.5) is 14.9 Å². The zero-order valence-corrected chi connectivity index (χ0v) is 54.4. The number of aromatic nitrogens is 2. The lowest BCUT2D eigenvalue weighted by Crippen LogP contribution is -2.45. The van der Waals surface area contributed by atoms with Gasteiger partial charge in [0, 0.05) is 60.6 Å². The maximum atomic E-state index is 15.4. The highest BCUT2D eigenvalue weighted by atomic mass is 19.1. The molecule has 27 nitrogen and oxygen atoms in total. The summed E-state index contributed by atoms with van der Waals surface area (Å²) < 4.78 is 72.0. The van der Waals surface area contributed by atoms with Crippen molar-refractivity contribution in [2.75, 3.05) is 124 Å². The Balaban J connectivity index is 0.625. The second-order valence-electron chi connectivity index (χ2n) is 23.2. The molecule has 4 aliphatic rings. The van der Waals surface area contributed by atoms with Gasteiger partial charge >= 0.3 is 12.1 Å². The smallest absolute Gasteiger partial charge is 0.407 e. The van der Waals surface area contributed by atoms with Crippen molar-refractivity contribution in [3.8, 4) is 11.4 Å². The molecule has 2 aromatic carbocycles. The minimum Gasteiger partial charge on any atom is -0.460 e. The number of ether oxygens (including phenoxy) is 10. The van der Waals surface area contributed by atoms with Crippen LogP contribution in [0.1, 0.15) is 104 Å². The zero-order valence-electron chi connectivity index (χ0n) is 54.4. The quantitative estimate of drug-likeness (QED) is 0.0180. The van der Waals surface area contributed by atoms with Gasteiger partial charge in [0.25, 0.3) is 17.4 Å². The standard InChI is InChI=1S/C67H85FN8O19/c1-6-46-48-35-55-62-50(38-76(55)65(83)51(48)40-94-66(46)84)61-53(12-11-47-42(4)52(68)36-54(73-62)60(47)61)74-67(85)95-39-44-7-9-45(10-8-44)72-63(81)43(5)71-64(82)49(41(2)3)37-70-57(78)16-19-86-21-23-88-25-27-90-29-31-92-33-34-93-32-30-91-28-26-89-24-22-87-20-17-69-56(77)15-18-75-58(79)13-14-59(75)80/h7-10,13-14,35-37,41,43,46,49,53H,6,11-12,15-34,38-40H2,1-5H3,(H,69,77)(H,71,82)(H,72,81)(H,74,85)/t43-,46+,49?,53-/m0/s1. The summed E-state index contributed by atoms with van der Waals surface area (Å²) in [6, 6.07) is 8.34. The second kappa shape index (κ2) is 36.6. The molecule has 28 heteroatoms. The fourth-order valence-corrected chi connectivity index (χ4v) is 11.2. The van der Waals surface area contributed by atoms with Crippen molar-refractivity contribution < 1.29 is 90.1 Å². The van der Waals surface area contributed by atoms with Gasteiger partial charge in [-0.25, -0.2) is 19.2 Å². The summed E-state index contributed by atoms with van der Waals surface area (Å²) in [7, 11) is 0. The van der Waals surface area contributed by atoms with E-state index in [0.29, 0.717) is 163 Å². The Labute approximate surface area is 549 Å². The number of nitrogens with zero attached hydrogens (tertiary/aromatic N) is 4. The van der Waals surface area contributed by atoms with E-state index in [4.69, 9.17) is 52.4 Å². The molecule has 0 saturated heterocycles. The summed E-state index contributed by atoms with van der Waals surface area (Å²) in [5.41, 5.74) is 5.97. The second-order valence-corrected chi connectivity index (χ2v) is 23.2. The normalized spacial score (nSPS) is 16.0. The Bertz CT molecular complexity index is 3490. The molecule has 1 unspecified atom stereocenters. The van der Waals surface area contributed by atoms with Gasteiger partial charge in [0.15, 0.2) is 0 Å². The first-order valence-corrected chi connectivity index (χ1v) is 32.1. The number of benzene rings is 2. The molecule has 5 heterocycles. The number of nitrogens with one attached hydrogen (secondary N) is 4. The lowest BCUT2D eigenvalue weighted by Gasteiger charge is -2.29. The average molecular weight is 1330 g/mol. The Morgan fingerprint density at radius 3 is 1.93 bits per heavy atom. The summed E-state index contributed by atoms with van der Waals surface area (Å²) >= 11 is 0. The highest BCUT2D eigenvalue weighted by Gasteiger charge is 2.38. The molecule has 4 atom stereocenters. The van der Waals surface area contributed by atoms with E-state index >= 15 is 4.39 Å². The number of hydrogen-bond donors (Lipinski definition) is 4. The third-order valence-corrected chi connectivity index (χ3v) is 16.3. The number of halogens is 1. The van der Waals surface area contributed by atoms with Crippen LogP contribution in [0.3, 0.4) is 0 Å². The van der Waals surface area contributed by atoms with E-state index in [1.807, 2.05) is 13.0 Å². The summed E-state index contributed by atoms with van der Waals surface area (Å²) in [4.78, 5) is 124. The number of aryl methyl sites for hydroxylation is 1. The number of imide groups is 1. The van der Waals surface area contributed by atoms with Crippen LogP contribution in [-0.4, -0.2) is 193 Å². The molecule has 2 aromatic heterocycles. The summed E-state index contributed by atoms with van der Waals surface area (Å²) in [5, 5.41) is 11.9. The van der Waals surface area contributed by atoms with Gasteiger partial charge in [-0.15, -0.1) is 0 Å². The van der Waals surface area contributed by atoms with Crippen molar-refractivity contribution in [2.24, 2.45) is 16.8 Å². The molecule has 4 aromatic rings. The number of fused-ring (bicyclic) bond motifs is 5. The molecular weight excluding hydrogens is 1240 g/mol. The molecule has 8 rings (SSSR count). The Morgan fingerprint density at radius 2 is 1.34 bits per heavy atom. The third-order valence-electron chi connectivity index (χ3n) is 16.3. The van der Waals surface area contributed by atoms with Gasteiger partial charge in [0.2, 0.25) is 23.6 Å². The van der Waals surface area contributed by atoms with E-state index in [2.05, 4.69) is 26.3 Å². The van der Waals surface area contributed by atoms with Crippen molar-refractivity contribution in [3.05, 3.63) is 104 Å². The minimum atomic E-state index is -0.956. The molecule has 95 heavy (non-hydrogen) atoms. The van der Waals surface area contributed by atoms with Crippen molar-refractivity contribution in [1.29, 1.82) is 0 Å². The number of amides is 7. The molecule has 514 valence electrons. The minimum absolute atomic E-state index is 0.0102. The molecular formula is C67H85FN8O19. The number of cyclic esters (lactones) is 1. The van der Waals surface area contributed by atoms with Crippen molar-refractivity contribution in [3.63, 3.8) is 0 Å². The Kier molecular flexibility index (Phi) is 28.0. The van der Waals surface area contributed by atoms with Gasteiger partial charge in [0.1, 0.15) is 25.1 Å². The van der Waals surface area contributed by atoms with E-state index < -0.39 is 71.3 Å². The van der Waals surface area contributed by atoms with Crippen LogP contribution in [0.2, 0.25) is 0 Å². The highest BCUT2D eigenvalue weighted by Crippen LogP contribution is 2.45. The maximum absolute atomic E-state index is 15.4.